The maximum Gasteiger partial charge on any atom is 0.329 e. The minimum atomic E-state index is -1.04. The van der Waals surface area contributed by atoms with Crippen molar-refractivity contribution in [3.05, 3.63) is 35.9 Å². The summed E-state index contributed by atoms with van der Waals surface area (Å²) in [7, 11) is 0. The Kier molecular flexibility index (Phi) is 4.69. The number of benzene rings is 1. The molecule has 0 unspecified atom stereocenters. The first-order valence-corrected chi connectivity index (χ1v) is 8.70. The molecule has 0 aromatic heterocycles. The average Bonchev–Trinajstić information content (AvgIpc) is 3.32. The number of nitrogens with one attached hydrogen (secondary N) is 1. The largest absolute Gasteiger partial charge is 0.480 e. The molecule has 23 heavy (non-hydrogen) atoms. The first kappa shape index (κ1) is 16.0. The third-order valence-corrected chi connectivity index (χ3v) is 5.34. The Morgan fingerprint density at radius 2 is 1.74 bits per heavy atom. The minimum Gasteiger partial charge on any atom is -0.480 e. The van der Waals surface area contributed by atoms with Gasteiger partial charge < -0.3 is 10.4 Å². The van der Waals surface area contributed by atoms with Crippen LogP contribution in [0.4, 0.5) is 0 Å². The number of carboxylic acids is 1. The summed E-state index contributed by atoms with van der Waals surface area (Å²) in [4.78, 5) is 24.1. The minimum absolute atomic E-state index is 0.0993. The molecule has 2 saturated carbocycles. The first-order chi connectivity index (χ1) is 11.1. The second-order valence-electron chi connectivity index (χ2n) is 7.07. The van der Waals surface area contributed by atoms with Gasteiger partial charge in [-0.05, 0) is 36.7 Å². The van der Waals surface area contributed by atoms with Crippen molar-refractivity contribution in [3.63, 3.8) is 0 Å². The van der Waals surface area contributed by atoms with Gasteiger partial charge >= 0.3 is 5.97 Å². The second kappa shape index (κ2) is 6.73. The van der Waals surface area contributed by atoms with Crippen molar-refractivity contribution in [2.24, 2.45) is 5.92 Å². The van der Waals surface area contributed by atoms with Gasteiger partial charge in [0.25, 0.3) is 0 Å². The smallest absolute Gasteiger partial charge is 0.329 e. The Balaban J connectivity index is 1.57. The van der Waals surface area contributed by atoms with Gasteiger partial charge in [0.05, 0.1) is 0 Å². The number of carboxylic acid groups (broad SMARTS) is 1. The number of rotatable bonds is 5. The molecule has 1 aromatic carbocycles. The van der Waals surface area contributed by atoms with E-state index in [0.29, 0.717) is 31.1 Å². The molecule has 124 valence electrons. The van der Waals surface area contributed by atoms with E-state index in [1.807, 2.05) is 18.2 Å². The maximum atomic E-state index is 12.4. The van der Waals surface area contributed by atoms with Crippen LogP contribution in [0.15, 0.2) is 30.3 Å². The lowest BCUT2D eigenvalue weighted by Gasteiger charge is -2.29. The summed E-state index contributed by atoms with van der Waals surface area (Å²) in [5, 5.41) is 12.5. The molecule has 3 rings (SSSR count). The van der Waals surface area contributed by atoms with Crippen molar-refractivity contribution in [2.75, 3.05) is 0 Å². The zero-order valence-electron chi connectivity index (χ0n) is 13.5. The van der Waals surface area contributed by atoms with E-state index in [1.54, 1.807) is 0 Å². The molecule has 2 atom stereocenters. The van der Waals surface area contributed by atoms with Gasteiger partial charge in [-0.1, -0.05) is 56.0 Å². The summed E-state index contributed by atoms with van der Waals surface area (Å²) >= 11 is 0. The molecule has 0 bridgehead atoms. The highest BCUT2D eigenvalue weighted by Crippen LogP contribution is 2.49. The van der Waals surface area contributed by atoms with E-state index in [-0.39, 0.29) is 5.91 Å². The molecule has 0 heterocycles. The summed E-state index contributed by atoms with van der Waals surface area (Å²) in [6.45, 7) is 0. The van der Waals surface area contributed by atoms with E-state index in [1.165, 1.54) is 5.56 Å². The molecule has 4 nitrogen and oxygen atoms in total. The summed E-state index contributed by atoms with van der Waals surface area (Å²) in [6.07, 6.45) is 6.45. The highest BCUT2D eigenvalue weighted by molar-refractivity contribution is 5.87. The van der Waals surface area contributed by atoms with Crippen LogP contribution in [0.5, 0.6) is 0 Å². The number of hydrogen-bond acceptors (Lipinski definition) is 2. The van der Waals surface area contributed by atoms with Crippen molar-refractivity contribution < 1.29 is 14.7 Å². The van der Waals surface area contributed by atoms with Crippen LogP contribution < -0.4 is 5.32 Å². The molecule has 2 aliphatic rings. The van der Waals surface area contributed by atoms with Gasteiger partial charge in [0, 0.05) is 6.42 Å². The lowest BCUT2D eigenvalue weighted by Crippen LogP contribution is -2.54. The first-order valence-electron chi connectivity index (χ1n) is 8.70. The molecule has 0 radical (unpaired) electrons. The number of carbonyl (C=O) groups excluding carboxylic acids is 1. The maximum absolute atomic E-state index is 12.4. The molecule has 4 heteroatoms. The number of hydrogen-bond donors (Lipinski definition) is 2. The molecule has 0 spiro atoms. The Labute approximate surface area is 137 Å². The fourth-order valence-corrected chi connectivity index (χ4v) is 3.86. The van der Waals surface area contributed by atoms with Crippen LogP contribution in [0.1, 0.15) is 62.8 Å². The second-order valence-corrected chi connectivity index (χ2v) is 7.07. The fourth-order valence-electron chi connectivity index (χ4n) is 3.86. The Hall–Kier alpha value is -1.84. The van der Waals surface area contributed by atoms with Gasteiger partial charge in [0.1, 0.15) is 5.54 Å². The summed E-state index contributed by atoms with van der Waals surface area (Å²) in [5.41, 5.74) is 0.248. The van der Waals surface area contributed by atoms with Gasteiger partial charge in [-0.2, -0.15) is 0 Å². The van der Waals surface area contributed by atoms with Crippen LogP contribution in [-0.2, 0) is 9.59 Å². The summed E-state index contributed by atoms with van der Waals surface area (Å²) in [5.74, 6) is -0.160. The van der Waals surface area contributed by atoms with E-state index in [4.69, 9.17) is 0 Å². The number of aliphatic carboxylic acids is 1. The lowest BCUT2D eigenvalue weighted by molar-refractivity contribution is -0.148. The monoisotopic (exact) mass is 315 g/mol. The lowest BCUT2D eigenvalue weighted by atomic mass is 9.90. The van der Waals surface area contributed by atoms with E-state index < -0.39 is 11.5 Å². The zero-order chi connectivity index (χ0) is 16.3. The number of carbonyl (C=O) groups is 2. The Morgan fingerprint density at radius 3 is 2.35 bits per heavy atom. The van der Waals surface area contributed by atoms with E-state index in [0.717, 1.165) is 32.1 Å². The van der Waals surface area contributed by atoms with E-state index in [9.17, 15) is 14.7 Å². The average molecular weight is 315 g/mol. The van der Waals surface area contributed by atoms with Crippen LogP contribution in [0.25, 0.3) is 0 Å². The van der Waals surface area contributed by atoms with Crippen molar-refractivity contribution in [3.8, 4) is 0 Å². The van der Waals surface area contributed by atoms with E-state index >= 15 is 0 Å². The van der Waals surface area contributed by atoms with Crippen LogP contribution >= 0.6 is 0 Å². The van der Waals surface area contributed by atoms with Crippen molar-refractivity contribution in [2.45, 2.75) is 62.8 Å². The molecule has 0 aliphatic heterocycles. The van der Waals surface area contributed by atoms with E-state index in [2.05, 4.69) is 17.4 Å². The predicted molar refractivity (Wildman–Crippen MR) is 88.1 cm³/mol. The molecular formula is C19H25NO3. The standard InChI is InChI=1S/C19H25NO3/c21-17(13-15-12-16(15)14-8-4-3-5-9-14)20-19(18(22)23)10-6-1-2-7-11-19/h3-5,8-9,15-16H,1-2,6-7,10-13H2,(H,20,21)(H,22,23)/t15-,16-/m0/s1. The SMILES string of the molecule is O=C(C[C@@H]1C[C@H]1c1ccccc1)NC1(C(=O)O)CCCCCC1. The highest BCUT2D eigenvalue weighted by atomic mass is 16.4. The zero-order valence-corrected chi connectivity index (χ0v) is 13.5. The highest BCUT2D eigenvalue weighted by Gasteiger charge is 2.43. The quantitative estimate of drug-likeness (QED) is 0.818. The van der Waals surface area contributed by atoms with Gasteiger partial charge in [0.15, 0.2) is 0 Å². The molecule has 1 amide bonds. The Bertz CT molecular complexity index is 561. The molecule has 2 aliphatic carbocycles. The van der Waals surface area contributed by atoms with Gasteiger partial charge in [-0.25, -0.2) is 4.79 Å². The van der Waals surface area contributed by atoms with Crippen LogP contribution in [0.3, 0.4) is 0 Å². The normalized spacial score (nSPS) is 26.1. The topological polar surface area (TPSA) is 66.4 Å². The van der Waals surface area contributed by atoms with Crippen LogP contribution in [0.2, 0.25) is 0 Å². The van der Waals surface area contributed by atoms with Crippen molar-refractivity contribution >= 4 is 11.9 Å². The van der Waals surface area contributed by atoms with Crippen LogP contribution in [0, 0.1) is 5.92 Å². The molecule has 1 aromatic rings. The molecule has 2 N–H and O–H groups in total. The molecule has 2 fully saturated rings. The van der Waals surface area contributed by atoms with Crippen molar-refractivity contribution in [1.29, 1.82) is 0 Å². The summed E-state index contributed by atoms with van der Waals surface area (Å²) in [6, 6.07) is 10.3. The third-order valence-electron chi connectivity index (χ3n) is 5.34. The Morgan fingerprint density at radius 1 is 1.09 bits per heavy atom. The van der Waals surface area contributed by atoms with Gasteiger partial charge in [0.2, 0.25) is 5.91 Å². The van der Waals surface area contributed by atoms with Gasteiger partial charge in [-0.3, -0.25) is 4.79 Å². The van der Waals surface area contributed by atoms with Crippen molar-refractivity contribution in [1.82, 2.24) is 5.32 Å². The molecule has 0 saturated heterocycles. The fraction of sp³-hybridized carbons (Fsp3) is 0.579. The summed E-state index contributed by atoms with van der Waals surface area (Å²) < 4.78 is 0. The molecular weight excluding hydrogens is 290 g/mol. The van der Waals surface area contributed by atoms with Crippen LogP contribution in [-0.4, -0.2) is 22.5 Å². The van der Waals surface area contributed by atoms with Gasteiger partial charge in [-0.15, -0.1) is 0 Å². The third kappa shape index (κ3) is 3.74. The number of amides is 1. The predicted octanol–water partition coefficient (Wildman–Crippen LogP) is 3.47.